The van der Waals surface area contributed by atoms with Gasteiger partial charge in [0, 0.05) is 6.54 Å². The second-order valence-electron chi connectivity index (χ2n) is 4.61. The van der Waals surface area contributed by atoms with Crippen molar-refractivity contribution in [1.82, 2.24) is 10.6 Å². The average Bonchev–Trinajstić information content (AvgIpc) is 3.19. The molecule has 19 heavy (non-hydrogen) atoms. The molecule has 1 fully saturated rings. The van der Waals surface area contributed by atoms with E-state index in [1.807, 2.05) is 0 Å². The first-order valence-electron chi connectivity index (χ1n) is 6.08. The Morgan fingerprint density at radius 3 is 2.47 bits per heavy atom. The number of aliphatic carboxylic acids is 1. The van der Waals surface area contributed by atoms with Crippen LogP contribution in [-0.4, -0.2) is 23.1 Å². The van der Waals surface area contributed by atoms with Crippen LogP contribution in [0.15, 0.2) is 24.3 Å². The maximum Gasteiger partial charge on any atom is 0.326 e. The van der Waals surface area contributed by atoms with Crippen molar-refractivity contribution in [3.63, 3.8) is 0 Å². The van der Waals surface area contributed by atoms with E-state index in [0.29, 0.717) is 0 Å². The fourth-order valence-electron chi connectivity index (χ4n) is 1.79. The number of nitrogens with one attached hydrogen (secondary N) is 2. The molecule has 1 unspecified atom stereocenters. The summed E-state index contributed by atoms with van der Waals surface area (Å²) in [6.07, 6.45) is 1.66. The number of carbonyl (C=O) groups excluding carboxylic acids is 1. The van der Waals surface area contributed by atoms with E-state index in [1.54, 1.807) is 12.1 Å². The van der Waals surface area contributed by atoms with Crippen molar-refractivity contribution in [2.24, 2.45) is 5.92 Å². The van der Waals surface area contributed by atoms with Gasteiger partial charge in [0.1, 0.15) is 11.9 Å². The van der Waals surface area contributed by atoms with Gasteiger partial charge in [0.25, 0.3) is 0 Å². The number of carbonyl (C=O) groups is 2. The first-order valence-corrected chi connectivity index (χ1v) is 6.08. The molecular weight excluding hydrogens is 251 g/mol. The second-order valence-corrected chi connectivity index (χ2v) is 4.61. The second kappa shape index (κ2) is 5.69. The van der Waals surface area contributed by atoms with Gasteiger partial charge in [0.05, 0.1) is 0 Å². The Labute approximate surface area is 109 Å². The standard InChI is InChI=1S/C13H15FN2O3/c14-10-5-1-8(2-6-10)7-15-13(19)16-11(12(17)18)9-3-4-9/h1-2,5-6,9,11H,3-4,7H2,(H,17,18)(H2,15,16,19). The summed E-state index contributed by atoms with van der Waals surface area (Å²) in [5.41, 5.74) is 0.745. The topological polar surface area (TPSA) is 78.4 Å². The number of benzene rings is 1. The van der Waals surface area contributed by atoms with Crippen LogP contribution < -0.4 is 10.6 Å². The summed E-state index contributed by atoms with van der Waals surface area (Å²) < 4.78 is 12.7. The van der Waals surface area contributed by atoms with E-state index in [2.05, 4.69) is 10.6 Å². The SMILES string of the molecule is O=C(NCc1ccc(F)cc1)NC(C(=O)O)C1CC1. The van der Waals surface area contributed by atoms with Gasteiger partial charge in [-0.2, -0.15) is 0 Å². The maximum absolute atomic E-state index is 12.7. The molecule has 0 bridgehead atoms. The number of halogens is 1. The summed E-state index contributed by atoms with van der Waals surface area (Å²) in [6, 6.07) is 4.38. The highest BCUT2D eigenvalue weighted by Crippen LogP contribution is 2.32. The van der Waals surface area contributed by atoms with E-state index in [-0.39, 0.29) is 18.3 Å². The van der Waals surface area contributed by atoms with Gasteiger partial charge in [-0.05, 0) is 36.5 Å². The van der Waals surface area contributed by atoms with Gasteiger partial charge in [-0.15, -0.1) is 0 Å². The molecule has 1 saturated carbocycles. The van der Waals surface area contributed by atoms with Crippen molar-refractivity contribution < 1.29 is 19.1 Å². The number of rotatable bonds is 5. The van der Waals surface area contributed by atoms with Crippen LogP contribution in [0.2, 0.25) is 0 Å². The Kier molecular flexibility index (Phi) is 3.99. The van der Waals surface area contributed by atoms with Crippen LogP contribution in [0.5, 0.6) is 0 Å². The highest BCUT2D eigenvalue weighted by molar-refractivity contribution is 5.83. The van der Waals surface area contributed by atoms with Gasteiger partial charge in [0.2, 0.25) is 0 Å². The molecule has 3 N–H and O–H groups in total. The lowest BCUT2D eigenvalue weighted by Gasteiger charge is -2.14. The van der Waals surface area contributed by atoms with E-state index >= 15 is 0 Å². The molecular formula is C13H15FN2O3. The molecule has 6 heteroatoms. The lowest BCUT2D eigenvalue weighted by Crippen LogP contribution is -2.46. The molecule has 1 aromatic rings. The van der Waals surface area contributed by atoms with Gasteiger partial charge >= 0.3 is 12.0 Å². The molecule has 1 aliphatic carbocycles. The zero-order valence-corrected chi connectivity index (χ0v) is 10.2. The Hall–Kier alpha value is -2.11. The first-order chi connectivity index (χ1) is 9.06. The molecule has 0 aliphatic heterocycles. The molecule has 102 valence electrons. The van der Waals surface area contributed by atoms with Crippen LogP contribution in [-0.2, 0) is 11.3 Å². The summed E-state index contributed by atoms with van der Waals surface area (Å²) in [5.74, 6) is -1.32. The van der Waals surface area contributed by atoms with Crippen LogP contribution in [0, 0.1) is 11.7 Å². The van der Waals surface area contributed by atoms with Crippen molar-refractivity contribution in [1.29, 1.82) is 0 Å². The van der Waals surface area contributed by atoms with Crippen molar-refractivity contribution in [2.45, 2.75) is 25.4 Å². The van der Waals surface area contributed by atoms with Crippen molar-refractivity contribution in [2.75, 3.05) is 0 Å². The van der Waals surface area contributed by atoms with Crippen LogP contribution in [0.4, 0.5) is 9.18 Å². The highest BCUT2D eigenvalue weighted by Gasteiger charge is 2.37. The molecule has 1 aromatic carbocycles. The molecule has 0 aromatic heterocycles. The molecule has 5 nitrogen and oxygen atoms in total. The van der Waals surface area contributed by atoms with E-state index in [9.17, 15) is 14.0 Å². The molecule has 2 rings (SSSR count). The summed E-state index contributed by atoms with van der Waals surface area (Å²) in [7, 11) is 0. The predicted octanol–water partition coefficient (Wildman–Crippen LogP) is 1.49. The van der Waals surface area contributed by atoms with E-state index in [1.165, 1.54) is 12.1 Å². The van der Waals surface area contributed by atoms with Crippen LogP contribution >= 0.6 is 0 Å². The monoisotopic (exact) mass is 266 g/mol. The van der Waals surface area contributed by atoms with Gasteiger partial charge < -0.3 is 15.7 Å². The zero-order chi connectivity index (χ0) is 13.8. The Morgan fingerprint density at radius 2 is 1.95 bits per heavy atom. The predicted molar refractivity (Wildman–Crippen MR) is 65.9 cm³/mol. The maximum atomic E-state index is 12.7. The highest BCUT2D eigenvalue weighted by atomic mass is 19.1. The first kappa shape index (κ1) is 13.3. The number of amides is 2. The van der Waals surface area contributed by atoms with Gasteiger partial charge in [0.15, 0.2) is 0 Å². The largest absolute Gasteiger partial charge is 0.480 e. The summed E-state index contributed by atoms with van der Waals surface area (Å²) in [4.78, 5) is 22.5. The van der Waals surface area contributed by atoms with Crippen molar-refractivity contribution >= 4 is 12.0 Å². The fraction of sp³-hybridized carbons (Fsp3) is 0.385. The lowest BCUT2D eigenvalue weighted by molar-refractivity contribution is -0.139. The summed E-state index contributed by atoms with van der Waals surface area (Å²) in [6.45, 7) is 0.225. The average molecular weight is 266 g/mol. The smallest absolute Gasteiger partial charge is 0.326 e. The molecule has 0 radical (unpaired) electrons. The number of hydrogen-bond donors (Lipinski definition) is 3. The van der Waals surface area contributed by atoms with Gasteiger partial charge in [-0.25, -0.2) is 14.0 Å². The number of carboxylic acids is 1. The lowest BCUT2D eigenvalue weighted by atomic mass is 10.2. The third kappa shape index (κ3) is 3.94. The van der Waals surface area contributed by atoms with Crippen molar-refractivity contribution in [3.8, 4) is 0 Å². The fourth-order valence-corrected chi connectivity index (χ4v) is 1.79. The zero-order valence-electron chi connectivity index (χ0n) is 10.2. The summed E-state index contributed by atoms with van der Waals surface area (Å²) in [5, 5.41) is 14.0. The summed E-state index contributed by atoms with van der Waals surface area (Å²) >= 11 is 0. The third-order valence-electron chi connectivity index (χ3n) is 3.01. The third-order valence-corrected chi connectivity index (χ3v) is 3.01. The molecule has 0 saturated heterocycles. The van der Waals surface area contributed by atoms with Gasteiger partial charge in [-0.3, -0.25) is 0 Å². The molecule has 1 atom stereocenters. The molecule has 0 spiro atoms. The van der Waals surface area contributed by atoms with Gasteiger partial charge in [-0.1, -0.05) is 12.1 Å². The number of urea groups is 1. The quantitative estimate of drug-likeness (QED) is 0.755. The number of carboxylic acid groups (broad SMARTS) is 1. The molecule has 1 aliphatic rings. The van der Waals surface area contributed by atoms with E-state index < -0.39 is 18.0 Å². The Balaban J connectivity index is 1.80. The van der Waals surface area contributed by atoms with Crippen molar-refractivity contribution in [3.05, 3.63) is 35.6 Å². The van der Waals surface area contributed by atoms with E-state index in [0.717, 1.165) is 18.4 Å². The Bertz CT molecular complexity index is 471. The minimum absolute atomic E-state index is 0.0362. The minimum atomic E-state index is -1.01. The van der Waals surface area contributed by atoms with E-state index in [4.69, 9.17) is 5.11 Å². The Morgan fingerprint density at radius 1 is 1.32 bits per heavy atom. The minimum Gasteiger partial charge on any atom is -0.480 e. The number of hydrogen-bond acceptors (Lipinski definition) is 2. The molecule has 2 amide bonds. The normalized spacial score (nSPS) is 15.6. The van der Waals surface area contributed by atoms with Crippen LogP contribution in [0.25, 0.3) is 0 Å². The van der Waals surface area contributed by atoms with Crippen LogP contribution in [0.3, 0.4) is 0 Å². The van der Waals surface area contributed by atoms with Crippen LogP contribution in [0.1, 0.15) is 18.4 Å². The molecule has 0 heterocycles.